The molecule has 4 heteroatoms. The third kappa shape index (κ3) is 2.74. The van der Waals surface area contributed by atoms with Crippen molar-refractivity contribution in [1.29, 1.82) is 0 Å². The number of fused-ring (bicyclic) bond motifs is 1. The van der Waals surface area contributed by atoms with Crippen LogP contribution in [0.2, 0.25) is 0 Å². The molecule has 0 amide bonds. The SMILES string of the molecule is Cc1cc(Br)c2oc(Cc3ccc(Br)cc3)nc2c1. The van der Waals surface area contributed by atoms with Crippen molar-refractivity contribution in [2.45, 2.75) is 13.3 Å². The molecule has 0 saturated heterocycles. The van der Waals surface area contributed by atoms with Gasteiger partial charge in [0.2, 0.25) is 0 Å². The van der Waals surface area contributed by atoms with Gasteiger partial charge < -0.3 is 4.42 Å². The van der Waals surface area contributed by atoms with Gasteiger partial charge in [-0.2, -0.15) is 0 Å². The van der Waals surface area contributed by atoms with Crippen LogP contribution in [0, 0.1) is 6.92 Å². The van der Waals surface area contributed by atoms with Gasteiger partial charge in [-0.3, -0.25) is 0 Å². The summed E-state index contributed by atoms with van der Waals surface area (Å²) in [4.78, 5) is 4.54. The number of halogens is 2. The Kier molecular flexibility index (Phi) is 3.46. The van der Waals surface area contributed by atoms with Gasteiger partial charge in [0.15, 0.2) is 11.5 Å². The van der Waals surface area contributed by atoms with E-state index in [9.17, 15) is 0 Å². The van der Waals surface area contributed by atoms with Crippen molar-refractivity contribution in [2.24, 2.45) is 0 Å². The largest absolute Gasteiger partial charge is 0.439 e. The smallest absolute Gasteiger partial charge is 0.199 e. The maximum absolute atomic E-state index is 5.82. The summed E-state index contributed by atoms with van der Waals surface area (Å²) >= 11 is 6.95. The summed E-state index contributed by atoms with van der Waals surface area (Å²) in [6, 6.07) is 12.3. The minimum Gasteiger partial charge on any atom is -0.439 e. The second-order valence-corrected chi connectivity index (χ2v) is 6.28. The molecule has 2 nitrogen and oxygen atoms in total. The molecular weight excluding hydrogens is 370 g/mol. The Morgan fingerprint density at radius 3 is 2.58 bits per heavy atom. The predicted octanol–water partition coefficient (Wildman–Crippen LogP) is 5.25. The van der Waals surface area contributed by atoms with E-state index in [1.807, 2.05) is 31.2 Å². The average Bonchev–Trinajstić information content (AvgIpc) is 2.75. The predicted molar refractivity (Wildman–Crippen MR) is 83.4 cm³/mol. The lowest BCUT2D eigenvalue weighted by molar-refractivity contribution is 0.542. The van der Waals surface area contributed by atoms with Gasteiger partial charge in [0, 0.05) is 10.9 Å². The standard InChI is InChI=1S/C15H11Br2NO/c1-9-6-12(17)15-13(7-9)18-14(19-15)8-10-2-4-11(16)5-3-10/h2-7H,8H2,1H3. The van der Waals surface area contributed by atoms with Crippen LogP contribution in [0.5, 0.6) is 0 Å². The lowest BCUT2D eigenvalue weighted by Crippen LogP contribution is -1.87. The molecule has 0 aliphatic carbocycles. The molecule has 0 N–H and O–H groups in total. The van der Waals surface area contributed by atoms with Crippen molar-refractivity contribution in [3.05, 3.63) is 62.4 Å². The van der Waals surface area contributed by atoms with Gasteiger partial charge in [-0.15, -0.1) is 0 Å². The topological polar surface area (TPSA) is 26.0 Å². The Morgan fingerprint density at radius 2 is 1.84 bits per heavy atom. The van der Waals surface area contributed by atoms with Crippen LogP contribution in [-0.4, -0.2) is 4.98 Å². The van der Waals surface area contributed by atoms with E-state index in [-0.39, 0.29) is 0 Å². The lowest BCUT2D eigenvalue weighted by Gasteiger charge is -1.97. The van der Waals surface area contributed by atoms with Gasteiger partial charge >= 0.3 is 0 Å². The van der Waals surface area contributed by atoms with Crippen molar-refractivity contribution in [2.75, 3.05) is 0 Å². The maximum Gasteiger partial charge on any atom is 0.199 e. The Morgan fingerprint density at radius 1 is 1.11 bits per heavy atom. The Labute approximate surface area is 128 Å². The quantitative estimate of drug-likeness (QED) is 0.606. The molecule has 19 heavy (non-hydrogen) atoms. The third-order valence-corrected chi connectivity index (χ3v) is 4.02. The Balaban J connectivity index is 1.97. The number of hydrogen-bond acceptors (Lipinski definition) is 2. The van der Waals surface area contributed by atoms with Crippen molar-refractivity contribution >= 4 is 43.0 Å². The lowest BCUT2D eigenvalue weighted by atomic mass is 10.1. The van der Waals surface area contributed by atoms with Crippen molar-refractivity contribution in [3.8, 4) is 0 Å². The highest BCUT2D eigenvalue weighted by Crippen LogP contribution is 2.27. The average molecular weight is 381 g/mol. The van der Waals surface area contributed by atoms with Crippen LogP contribution in [0.25, 0.3) is 11.1 Å². The first-order chi connectivity index (χ1) is 9.11. The van der Waals surface area contributed by atoms with Gasteiger partial charge in [-0.05, 0) is 58.2 Å². The zero-order valence-electron chi connectivity index (χ0n) is 10.3. The number of rotatable bonds is 2. The van der Waals surface area contributed by atoms with E-state index in [1.165, 1.54) is 11.1 Å². The van der Waals surface area contributed by atoms with Gasteiger partial charge in [0.05, 0.1) is 4.47 Å². The summed E-state index contributed by atoms with van der Waals surface area (Å²) in [6.45, 7) is 2.05. The molecule has 96 valence electrons. The fraction of sp³-hybridized carbons (Fsp3) is 0.133. The summed E-state index contributed by atoms with van der Waals surface area (Å²) in [7, 11) is 0. The second-order valence-electron chi connectivity index (χ2n) is 4.51. The third-order valence-electron chi connectivity index (χ3n) is 2.90. The molecule has 0 unspecified atom stereocenters. The summed E-state index contributed by atoms with van der Waals surface area (Å²) in [5, 5.41) is 0. The molecule has 2 aromatic carbocycles. The molecule has 0 radical (unpaired) electrons. The molecule has 3 aromatic rings. The molecule has 0 saturated carbocycles. The zero-order chi connectivity index (χ0) is 13.4. The Hall–Kier alpha value is -1.13. The van der Waals surface area contributed by atoms with E-state index in [0.29, 0.717) is 6.42 Å². The molecule has 1 aromatic heterocycles. The zero-order valence-corrected chi connectivity index (χ0v) is 13.5. The number of aryl methyl sites for hydroxylation is 1. The molecular formula is C15H11Br2NO. The summed E-state index contributed by atoms with van der Waals surface area (Å²) in [5.41, 5.74) is 4.07. The van der Waals surface area contributed by atoms with Crippen LogP contribution < -0.4 is 0 Å². The maximum atomic E-state index is 5.82. The number of benzene rings is 2. The first kappa shape index (κ1) is 12.9. The summed E-state index contributed by atoms with van der Waals surface area (Å²) in [5.74, 6) is 0.739. The normalized spacial score (nSPS) is 11.1. The van der Waals surface area contributed by atoms with Crippen LogP contribution in [0.15, 0.2) is 49.8 Å². The van der Waals surface area contributed by atoms with E-state index >= 15 is 0 Å². The van der Waals surface area contributed by atoms with Crippen molar-refractivity contribution in [3.63, 3.8) is 0 Å². The van der Waals surface area contributed by atoms with E-state index in [4.69, 9.17) is 4.42 Å². The minimum atomic E-state index is 0.702. The van der Waals surface area contributed by atoms with Gasteiger partial charge in [0.25, 0.3) is 0 Å². The fourth-order valence-electron chi connectivity index (χ4n) is 2.02. The molecule has 0 aliphatic rings. The summed E-state index contributed by atoms with van der Waals surface area (Å²) in [6.07, 6.45) is 0.702. The van der Waals surface area contributed by atoms with Crippen LogP contribution >= 0.6 is 31.9 Å². The van der Waals surface area contributed by atoms with Crippen LogP contribution in [0.4, 0.5) is 0 Å². The van der Waals surface area contributed by atoms with Crippen LogP contribution in [-0.2, 0) is 6.42 Å². The van der Waals surface area contributed by atoms with Gasteiger partial charge in [0.1, 0.15) is 5.52 Å². The molecule has 0 fully saturated rings. The Bertz CT molecular complexity index is 732. The molecule has 3 rings (SSSR count). The minimum absolute atomic E-state index is 0.702. The first-order valence-electron chi connectivity index (χ1n) is 5.92. The van der Waals surface area contributed by atoms with E-state index < -0.39 is 0 Å². The molecule has 0 spiro atoms. The van der Waals surface area contributed by atoms with Crippen LogP contribution in [0.1, 0.15) is 17.0 Å². The molecule has 0 aliphatic heterocycles. The highest BCUT2D eigenvalue weighted by molar-refractivity contribution is 9.11. The first-order valence-corrected chi connectivity index (χ1v) is 7.50. The molecule has 0 atom stereocenters. The van der Waals surface area contributed by atoms with E-state index in [2.05, 4.69) is 49.0 Å². The van der Waals surface area contributed by atoms with Gasteiger partial charge in [-0.25, -0.2) is 4.98 Å². The monoisotopic (exact) mass is 379 g/mol. The number of nitrogens with zero attached hydrogens (tertiary/aromatic N) is 1. The number of hydrogen-bond donors (Lipinski definition) is 0. The summed E-state index contributed by atoms with van der Waals surface area (Å²) < 4.78 is 7.85. The molecule has 1 heterocycles. The highest BCUT2D eigenvalue weighted by Gasteiger charge is 2.10. The second kappa shape index (κ2) is 5.10. The number of oxazole rings is 1. The number of aromatic nitrogens is 1. The fourth-order valence-corrected chi connectivity index (χ4v) is 2.93. The van der Waals surface area contributed by atoms with E-state index in [1.54, 1.807) is 0 Å². The highest BCUT2D eigenvalue weighted by atomic mass is 79.9. The van der Waals surface area contributed by atoms with Crippen LogP contribution in [0.3, 0.4) is 0 Å². The molecule has 0 bridgehead atoms. The van der Waals surface area contributed by atoms with Crippen molar-refractivity contribution < 1.29 is 4.42 Å². The van der Waals surface area contributed by atoms with Crippen molar-refractivity contribution in [1.82, 2.24) is 4.98 Å². The van der Waals surface area contributed by atoms with E-state index in [0.717, 1.165) is 25.9 Å². The van der Waals surface area contributed by atoms with Gasteiger partial charge in [-0.1, -0.05) is 28.1 Å².